The van der Waals surface area contributed by atoms with Gasteiger partial charge in [-0.05, 0) is 25.2 Å². The van der Waals surface area contributed by atoms with Crippen molar-refractivity contribution in [2.75, 3.05) is 43.4 Å². The van der Waals surface area contributed by atoms with E-state index in [-0.39, 0.29) is 0 Å². The highest BCUT2D eigenvalue weighted by Gasteiger charge is 2.17. The quantitative estimate of drug-likeness (QED) is 0.927. The fourth-order valence-electron chi connectivity index (χ4n) is 2.62. The summed E-state index contributed by atoms with van der Waals surface area (Å²) in [6.07, 6.45) is 3.42. The zero-order valence-electron chi connectivity index (χ0n) is 13.2. The lowest BCUT2D eigenvalue weighted by Crippen LogP contribution is -2.45. The van der Waals surface area contributed by atoms with Gasteiger partial charge in [-0.25, -0.2) is 9.97 Å². The molecule has 6 nitrogen and oxygen atoms in total. The number of rotatable bonds is 4. The summed E-state index contributed by atoms with van der Waals surface area (Å²) >= 11 is 0. The van der Waals surface area contributed by atoms with E-state index in [1.165, 1.54) is 0 Å². The van der Waals surface area contributed by atoms with Gasteiger partial charge in [0.15, 0.2) is 0 Å². The summed E-state index contributed by atoms with van der Waals surface area (Å²) in [6, 6.07) is 9.72. The van der Waals surface area contributed by atoms with Crippen LogP contribution in [0, 0.1) is 11.3 Å². The Bertz CT molecular complexity index is 683. The van der Waals surface area contributed by atoms with Crippen LogP contribution in [0.5, 0.6) is 0 Å². The van der Waals surface area contributed by atoms with E-state index in [2.05, 4.69) is 44.3 Å². The van der Waals surface area contributed by atoms with Gasteiger partial charge >= 0.3 is 0 Å². The monoisotopic (exact) mass is 308 g/mol. The SMILES string of the molecule is CN1CCN(c2ncccc2CNc2ccc(C#N)cn2)CC1. The summed E-state index contributed by atoms with van der Waals surface area (Å²) in [5.41, 5.74) is 1.72. The first-order chi connectivity index (χ1) is 11.3. The third-order valence-corrected chi connectivity index (χ3v) is 4.02. The van der Waals surface area contributed by atoms with Crippen molar-refractivity contribution >= 4 is 11.6 Å². The molecule has 0 radical (unpaired) electrons. The minimum absolute atomic E-state index is 0.565. The first kappa shape index (κ1) is 15.3. The maximum atomic E-state index is 8.81. The Kier molecular flexibility index (Phi) is 4.69. The molecule has 0 spiro atoms. The van der Waals surface area contributed by atoms with Crippen LogP contribution in [0.3, 0.4) is 0 Å². The Labute approximate surface area is 136 Å². The molecule has 1 N–H and O–H groups in total. The van der Waals surface area contributed by atoms with Gasteiger partial charge in [-0.15, -0.1) is 0 Å². The molecule has 3 rings (SSSR count). The molecule has 0 unspecified atom stereocenters. The second kappa shape index (κ2) is 7.07. The molecule has 6 heteroatoms. The lowest BCUT2D eigenvalue weighted by molar-refractivity contribution is 0.312. The minimum Gasteiger partial charge on any atom is -0.366 e. The molecular formula is C17H20N6. The molecule has 0 aromatic carbocycles. The molecule has 118 valence electrons. The highest BCUT2D eigenvalue weighted by atomic mass is 15.3. The summed E-state index contributed by atoms with van der Waals surface area (Å²) in [5.74, 6) is 1.80. The fraction of sp³-hybridized carbons (Fsp3) is 0.353. The molecule has 23 heavy (non-hydrogen) atoms. The van der Waals surface area contributed by atoms with Crippen molar-refractivity contribution in [2.24, 2.45) is 0 Å². The summed E-state index contributed by atoms with van der Waals surface area (Å²) < 4.78 is 0. The molecule has 0 saturated carbocycles. The van der Waals surface area contributed by atoms with Crippen molar-refractivity contribution in [3.8, 4) is 6.07 Å². The third kappa shape index (κ3) is 3.76. The molecule has 0 aliphatic carbocycles. The molecule has 1 fully saturated rings. The standard InChI is InChI=1S/C17H20N6/c1-22-7-9-23(10-8-22)17-15(3-2-6-19-17)13-21-16-5-4-14(11-18)12-20-16/h2-6,12H,7-10,13H2,1H3,(H,20,21). The molecule has 0 atom stereocenters. The van der Waals surface area contributed by atoms with Crippen LogP contribution in [0.2, 0.25) is 0 Å². The molecule has 2 aromatic heterocycles. The number of piperazine rings is 1. The number of nitrogens with one attached hydrogen (secondary N) is 1. The molecule has 3 heterocycles. The van der Waals surface area contributed by atoms with Gasteiger partial charge < -0.3 is 15.1 Å². The molecule has 1 saturated heterocycles. The van der Waals surface area contributed by atoms with E-state index >= 15 is 0 Å². The van der Waals surface area contributed by atoms with Gasteiger partial charge in [-0.3, -0.25) is 0 Å². The van der Waals surface area contributed by atoms with E-state index in [9.17, 15) is 0 Å². The second-order valence-electron chi connectivity index (χ2n) is 5.67. The van der Waals surface area contributed by atoms with Gasteiger partial charge in [-0.2, -0.15) is 5.26 Å². The molecule has 2 aromatic rings. The number of aromatic nitrogens is 2. The molecule has 1 aliphatic rings. The number of anilines is 2. The van der Waals surface area contributed by atoms with Crippen LogP contribution < -0.4 is 10.2 Å². The summed E-state index contributed by atoms with van der Waals surface area (Å²) in [4.78, 5) is 13.5. The Hall–Kier alpha value is -2.65. The van der Waals surface area contributed by atoms with Gasteiger partial charge in [0.25, 0.3) is 0 Å². The number of nitriles is 1. The third-order valence-electron chi connectivity index (χ3n) is 4.02. The largest absolute Gasteiger partial charge is 0.366 e. The van der Waals surface area contributed by atoms with Gasteiger partial charge in [-0.1, -0.05) is 6.07 Å². The van der Waals surface area contributed by atoms with Crippen LogP contribution in [-0.2, 0) is 6.54 Å². The zero-order valence-corrected chi connectivity index (χ0v) is 13.2. The number of hydrogen-bond donors (Lipinski definition) is 1. The smallest absolute Gasteiger partial charge is 0.133 e. The predicted molar refractivity (Wildman–Crippen MR) is 90.2 cm³/mol. The Balaban J connectivity index is 1.69. The average Bonchev–Trinajstić information content (AvgIpc) is 2.61. The van der Waals surface area contributed by atoms with Crippen molar-refractivity contribution in [3.05, 3.63) is 47.8 Å². The van der Waals surface area contributed by atoms with Crippen molar-refractivity contribution in [1.82, 2.24) is 14.9 Å². The summed E-state index contributed by atoms with van der Waals surface area (Å²) in [7, 11) is 2.15. The topological polar surface area (TPSA) is 68.1 Å². The lowest BCUT2D eigenvalue weighted by atomic mass is 10.2. The van der Waals surface area contributed by atoms with Crippen molar-refractivity contribution in [3.63, 3.8) is 0 Å². The van der Waals surface area contributed by atoms with E-state index in [1.54, 1.807) is 12.3 Å². The van der Waals surface area contributed by atoms with Crippen LogP contribution in [-0.4, -0.2) is 48.1 Å². The lowest BCUT2D eigenvalue weighted by Gasteiger charge is -2.34. The fourth-order valence-corrected chi connectivity index (χ4v) is 2.62. The Morgan fingerprint density at radius 1 is 1.17 bits per heavy atom. The predicted octanol–water partition coefficient (Wildman–Crippen LogP) is 1.71. The molecule has 0 bridgehead atoms. The van der Waals surface area contributed by atoms with E-state index in [4.69, 9.17) is 5.26 Å². The van der Waals surface area contributed by atoms with Crippen LogP contribution in [0.25, 0.3) is 0 Å². The van der Waals surface area contributed by atoms with Gasteiger partial charge in [0.2, 0.25) is 0 Å². The Morgan fingerprint density at radius 2 is 2.00 bits per heavy atom. The molecule has 1 aliphatic heterocycles. The normalized spacial score (nSPS) is 15.2. The van der Waals surface area contributed by atoms with Crippen LogP contribution in [0.4, 0.5) is 11.6 Å². The average molecular weight is 308 g/mol. The maximum Gasteiger partial charge on any atom is 0.133 e. The highest BCUT2D eigenvalue weighted by Crippen LogP contribution is 2.19. The maximum absolute atomic E-state index is 8.81. The summed E-state index contributed by atoms with van der Waals surface area (Å²) in [5, 5.41) is 12.1. The number of pyridine rings is 2. The van der Waals surface area contributed by atoms with E-state index < -0.39 is 0 Å². The van der Waals surface area contributed by atoms with Gasteiger partial charge in [0.05, 0.1) is 5.56 Å². The highest BCUT2D eigenvalue weighted by molar-refractivity contribution is 5.49. The minimum atomic E-state index is 0.565. The van der Waals surface area contributed by atoms with Gasteiger partial charge in [0.1, 0.15) is 17.7 Å². The van der Waals surface area contributed by atoms with Crippen LogP contribution in [0.15, 0.2) is 36.7 Å². The molecule has 0 amide bonds. The van der Waals surface area contributed by atoms with E-state index in [0.717, 1.165) is 43.4 Å². The zero-order chi connectivity index (χ0) is 16.1. The number of hydrogen-bond acceptors (Lipinski definition) is 6. The number of likely N-dealkylation sites (N-methyl/N-ethyl adjacent to an activating group) is 1. The second-order valence-corrected chi connectivity index (χ2v) is 5.67. The van der Waals surface area contributed by atoms with Gasteiger partial charge in [0, 0.05) is 50.7 Å². The summed E-state index contributed by atoms with van der Waals surface area (Å²) in [6.45, 7) is 4.76. The van der Waals surface area contributed by atoms with E-state index in [1.807, 2.05) is 18.3 Å². The van der Waals surface area contributed by atoms with Crippen molar-refractivity contribution in [1.29, 1.82) is 5.26 Å². The Morgan fingerprint density at radius 3 is 2.70 bits per heavy atom. The van der Waals surface area contributed by atoms with Crippen molar-refractivity contribution < 1.29 is 0 Å². The van der Waals surface area contributed by atoms with E-state index in [0.29, 0.717) is 12.1 Å². The first-order valence-corrected chi connectivity index (χ1v) is 7.73. The molecular weight excluding hydrogens is 288 g/mol. The van der Waals surface area contributed by atoms with Crippen LogP contribution >= 0.6 is 0 Å². The first-order valence-electron chi connectivity index (χ1n) is 7.73. The van der Waals surface area contributed by atoms with Crippen molar-refractivity contribution in [2.45, 2.75) is 6.54 Å². The van der Waals surface area contributed by atoms with Crippen LogP contribution in [0.1, 0.15) is 11.1 Å². The number of nitrogens with zero attached hydrogens (tertiary/aromatic N) is 5.